The van der Waals surface area contributed by atoms with Gasteiger partial charge in [0.2, 0.25) is 5.91 Å². The quantitative estimate of drug-likeness (QED) is 0.710. The molecule has 1 aliphatic rings. The van der Waals surface area contributed by atoms with E-state index in [-0.39, 0.29) is 5.91 Å². The van der Waals surface area contributed by atoms with Crippen LogP contribution >= 0.6 is 0 Å². The lowest BCUT2D eigenvalue weighted by Gasteiger charge is -2.24. The van der Waals surface area contributed by atoms with E-state index in [1.165, 1.54) is 11.1 Å². The molecule has 0 saturated carbocycles. The molecule has 1 aromatic rings. The van der Waals surface area contributed by atoms with E-state index >= 15 is 0 Å². The lowest BCUT2D eigenvalue weighted by atomic mass is 9.88. The van der Waals surface area contributed by atoms with Crippen LogP contribution in [0.25, 0.3) is 0 Å². The van der Waals surface area contributed by atoms with E-state index in [2.05, 4.69) is 17.4 Å². The van der Waals surface area contributed by atoms with Crippen LogP contribution < -0.4 is 5.32 Å². The molecule has 0 spiro atoms. The molecule has 73 valence electrons. The summed E-state index contributed by atoms with van der Waals surface area (Å²) in [5.74, 6) is 0.0679. The summed E-state index contributed by atoms with van der Waals surface area (Å²) >= 11 is 0. The van der Waals surface area contributed by atoms with Gasteiger partial charge in [-0.3, -0.25) is 4.79 Å². The molecule has 0 fully saturated rings. The number of fused-ring (bicyclic) bond motifs is 1. The Balaban J connectivity index is 2.09. The molecule has 1 unspecified atom stereocenters. The summed E-state index contributed by atoms with van der Waals surface area (Å²) < 4.78 is 0. The highest BCUT2D eigenvalue weighted by Gasteiger charge is 2.18. The first-order chi connectivity index (χ1) is 6.75. The summed E-state index contributed by atoms with van der Waals surface area (Å²) in [7, 11) is 0. The van der Waals surface area contributed by atoms with Crippen molar-refractivity contribution < 1.29 is 4.79 Å². The monoisotopic (exact) mass is 188 g/mol. The topological polar surface area (TPSA) is 29.1 Å². The maximum absolute atomic E-state index is 10.9. The van der Waals surface area contributed by atoms with Crippen LogP contribution in [0.5, 0.6) is 0 Å². The zero-order valence-corrected chi connectivity index (χ0v) is 8.34. The third-order valence-corrected chi connectivity index (χ3v) is 2.66. The third-order valence-electron chi connectivity index (χ3n) is 2.66. The van der Waals surface area contributed by atoms with E-state index in [9.17, 15) is 4.79 Å². The van der Waals surface area contributed by atoms with Gasteiger partial charge in [-0.2, -0.15) is 0 Å². The average molecular weight is 188 g/mol. The fourth-order valence-electron chi connectivity index (χ4n) is 2.03. The molecule has 0 aliphatic heterocycles. The molecule has 0 aromatic heterocycles. The van der Waals surface area contributed by atoms with Crippen LogP contribution in [0.1, 0.15) is 24.5 Å². The summed E-state index contributed by atoms with van der Waals surface area (Å²) in [5.41, 5.74) is 2.65. The zero-order chi connectivity index (χ0) is 9.97. The minimum Gasteiger partial charge on any atom is -0.353 e. The Morgan fingerprint density at radius 2 is 2.50 bits per heavy atom. The minimum atomic E-state index is 0.0679. The molecular weight excluding hydrogens is 174 g/mol. The number of nitrogens with one attached hydrogen (secondary N) is 1. The second kappa shape index (κ2) is 3.82. The second-order valence-electron chi connectivity index (χ2n) is 3.81. The molecule has 0 heterocycles. The first-order valence-electron chi connectivity index (χ1n) is 5.01. The van der Waals surface area contributed by atoms with Gasteiger partial charge in [0.25, 0.3) is 0 Å². The number of rotatable bonds is 1. The summed E-state index contributed by atoms with van der Waals surface area (Å²) in [6.07, 6.45) is 3.01. The van der Waals surface area contributed by atoms with Crippen LogP contribution in [0.15, 0.2) is 18.2 Å². The molecule has 1 aromatic carbocycles. The Morgan fingerprint density at radius 1 is 1.64 bits per heavy atom. The van der Waals surface area contributed by atoms with Crippen molar-refractivity contribution in [2.45, 2.75) is 32.2 Å². The van der Waals surface area contributed by atoms with Gasteiger partial charge < -0.3 is 5.32 Å². The van der Waals surface area contributed by atoms with E-state index in [4.69, 9.17) is 0 Å². The highest BCUT2D eigenvalue weighted by atomic mass is 16.1. The van der Waals surface area contributed by atoms with Crippen molar-refractivity contribution in [2.75, 3.05) is 0 Å². The molecular formula is C12H14NO. The number of carbonyl (C=O) groups is 1. The number of aryl methyl sites for hydroxylation is 1. The average Bonchev–Trinajstić information content (AvgIpc) is 2.17. The number of benzene rings is 1. The van der Waals surface area contributed by atoms with Crippen molar-refractivity contribution in [3.8, 4) is 0 Å². The Kier molecular flexibility index (Phi) is 2.53. The third kappa shape index (κ3) is 1.95. The van der Waals surface area contributed by atoms with Gasteiger partial charge in [-0.25, -0.2) is 0 Å². The largest absolute Gasteiger partial charge is 0.353 e. The number of carbonyl (C=O) groups excluding carboxylic acids is 1. The van der Waals surface area contributed by atoms with Crippen LogP contribution in [0.2, 0.25) is 0 Å². The highest BCUT2D eigenvalue weighted by molar-refractivity contribution is 5.73. The van der Waals surface area contributed by atoms with Crippen molar-refractivity contribution in [1.29, 1.82) is 0 Å². The Morgan fingerprint density at radius 3 is 3.29 bits per heavy atom. The van der Waals surface area contributed by atoms with Gasteiger partial charge in [-0.1, -0.05) is 18.2 Å². The van der Waals surface area contributed by atoms with Crippen LogP contribution in [0, 0.1) is 6.07 Å². The Hall–Kier alpha value is -1.31. The second-order valence-corrected chi connectivity index (χ2v) is 3.81. The maximum atomic E-state index is 10.9. The van der Waals surface area contributed by atoms with Crippen LogP contribution in [-0.2, 0) is 17.6 Å². The van der Waals surface area contributed by atoms with Crippen molar-refractivity contribution in [3.05, 3.63) is 35.4 Å². The van der Waals surface area contributed by atoms with E-state index < -0.39 is 0 Å². The molecule has 0 bridgehead atoms. The molecule has 1 aliphatic carbocycles. The van der Waals surface area contributed by atoms with Gasteiger partial charge in [-0.05, 0) is 36.5 Å². The van der Waals surface area contributed by atoms with Gasteiger partial charge in [0.05, 0.1) is 0 Å². The van der Waals surface area contributed by atoms with Crippen molar-refractivity contribution in [1.82, 2.24) is 5.32 Å². The van der Waals surface area contributed by atoms with Gasteiger partial charge in [-0.15, -0.1) is 0 Å². The van der Waals surface area contributed by atoms with Gasteiger partial charge >= 0.3 is 0 Å². The van der Waals surface area contributed by atoms with E-state index in [1.807, 2.05) is 12.1 Å². The minimum absolute atomic E-state index is 0.0679. The molecule has 2 heteroatoms. The van der Waals surface area contributed by atoms with Gasteiger partial charge in [0.15, 0.2) is 0 Å². The van der Waals surface area contributed by atoms with Crippen LogP contribution in [0.4, 0.5) is 0 Å². The molecule has 2 nitrogen and oxygen atoms in total. The summed E-state index contributed by atoms with van der Waals surface area (Å²) in [4.78, 5) is 10.9. The normalized spacial score (nSPS) is 19.9. The fraction of sp³-hybridized carbons (Fsp3) is 0.417. The van der Waals surface area contributed by atoms with E-state index in [0.29, 0.717) is 6.04 Å². The SMILES string of the molecule is CC(=O)NC1CCc2[c]cccc2C1. The highest BCUT2D eigenvalue weighted by Crippen LogP contribution is 2.20. The lowest BCUT2D eigenvalue weighted by Crippen LogP contribution is -2.37. The number of amides is 1. The molecule has 0 saturated heterocycles. The molecule has 1 radical (unpaired) electrons. The zero-order valence-electron chi connectivity index (χ0n) is 8.34. The molecule has 2 rings (SSSR count). The fourth-order valence-corrected chi connectivity index (χ4v) is 2.03. The first kappa shape index (κ1) is 9.25. The van der Waals surface area contributed by atoms with Gasteiger partial charge in [0, 0.05) is 13.0 Å². The molecule has 14 heavy (non-hydrogen) atoms. The van der Waals surface area contributed by atoms with Crippen LogP contribution in [-0.4, -0.2) is 11.9 Å². The predicted molar refractivity (Wildman–Crippen MR) is 54.9 cm³/mol. The summed E-state index contributed by atoms with van der Waals surface area (Å²) in [6, 6.07) is 9.66. The number of hydrogen-bond donors (Lipinski definition) is 1. The van der Waals surface area contributed by atoms with E-state index in [0.717, 1.165) is 19.3 Å². The van der Waals surface area contributed by atoms with Crippen molar-refractivity contribution in [2.24, 2.45) is 0 Å². The standard InChI is InChI=1S/C12H14NO/c1-9(14)13-12-7-6-10-4-2-3-5-11(10)8-12/h2-3,5,12H,6-8H2,1H3,(H,13,14). The lowest BCUT2D eigenvalue weighted by molar-refractivity contribution is -0.119. The first-order valence-corrected chi connectivity index (χ1v) is 5.01. The van der Waals surface area contributed by atoms with Crippen molar-refractivity contribution >= 4 is 5.91 Å². The smallest absolute Gasteiger partial charge is 0.217 e. The Bertz CT molecular complexity index is 346. The maximum Gasteiger partial charge on any atom is 0.217 e. The molecule has 1 amide bonds. The van der Waals surface area contributed by atoms with Crippen molar-refractivity contribution in [3.63, 3.8) is 0 Å². The molecule has 1 atom stereocenters. The predicted octanol–water partition coefficient (Wildman–Crippen LogP) is 1.48. The van der Waals surface area contributed by atoms with E-state index in [1.54, 1.807) is 6.92 Å². The van der Waals surface area contributed by atoms with Gasteiger partial charge in [0.1, 0.15) is 0 Å². The Labute approximate surface area is 84.3 Å². The summed E-state index contributed by atoms with van der Waals surface area (Å²) in [5, 5.41) is 2.97. The molecule has 1 N–H and O–H groups in total. The van der Waals surface area contributed by atoms with Crippen LogP contribution in [0.3, 0.4) is 0 Å². The number of hydrogen-bond acceptors (Lipinski definition) is 1. The summed E-state index contributed by atoms with van der Waals surface area (Å²) in [6.45, 7) is 1.58.